The number of thiocarbonyl (C=S) groups is 1. The second kappa shape index (κ2) is 12.0. The zero-order chi connectivity index (χ0) is 24.7. The molecule has 0 aromatic heterocycles. The number of anilines is 2. The number of rotatable bonds is 7. The first-order chi connectivity index (χ1) is 16.3. The van der Waals surface area contributed by atoms with Crippen molar-refractivity contribution in [1.82, 2.24) is 10.2 Å². The summed E-state index contributed by atoms with van der Waals surface area (Å²) in [6, 6.07) is 12.5. The Labute approximate surface area is 211 Å². The van der Waals surface area contributed by atoms with Gasteiger partial charge in [0.15, 0.2) is 5.11 Å². The Morgan fingerprint density at radius 2 is 1.85 bits per heavy atom. The molecule has 34 heavy (non-hydrogen) atoms. The first-order valence-corrected chi connectivity index (χ1v) is 12.2. The van der Waals surface area contributed by atoms with Gasteiger partial charge in [0, 0.05) is 43.2 Å². The summed E-state index contributed by atoms with van der Waals surface area (Å²) in [6.45, 7) is 9.29. The number of piperazine rings is 1. The average molecular weight is 503 g/mol. The van der Waals surface area contributed by atoms with Crippen molar-refractivity contribution >= 4 is 52.1 Å². The fraction of sp³-hybridized carbons (Fsp3) is 0.400. The largest absolute Gasteiger partial charge is 0.493 e. The number of halogens is 1. The second-order valence-corrected chi connectivity index (χ2v) is 9.37. The molecule has 2 aromatic carbocycles. The highest BCUT2D eigenvalue weighted by molar-refractivity contribution is 7.80. The van der Waals surface area contributed by atoms with Gasteiger partial charge in [-0.25, -0.2) is 0 Å². The summed E-state index contributed by atoms with van der Waals surface area (Å²) in [5.74, 6) is 0.855. The van der Waals surface area contributed by atoms with E-state index in [0.29, 0.717) is 67.1 Å². The maximum atomic E-state index is 12.7. The molecule has 0 spiro atoms. The van der Waals surface area contributed by atoms with Crippen LogP contribution in [0.5, 0.6) is 5.75 Å². The highest BCUT2D eigenvalue weighted by Crippen LogP contribution is 2.30. The molecule has 9 heteroatoms. The van der Waals surface area contributed by atoms with E-state index >= 15 is 0 Å². The van der Waals surface area contributed by atoms with Crippen LogP contribution in [0.3, 0.4) is 0 Å². The SMILES string of the molecule is CCC(=O)N1CCN(c2ccc(Cl)cc2NC(=S)NC(=O)c2cccc(OCC(C)C)c2)CC1. The summed E-state index contributed by atoms with van der Waals surface area (Å²) in [5, 5.41) is 6.56. The summed E-state index contributed by atoms with van der Waals surface area (Å²) >= 11 is 11.7. The fourth-order valence-electron chi connectivity index (χ4n) is 3.62. The lowest BCUT2D eigenvalue weighted by Crippen LogP contribution is -2.48. The lowest BCUT2D eigenvalue weighted by molar-refractivity contribution is -0.131. The quantitative estimate of drug-likeness (QED) is 0.541. The Kier molecular flexibility index (Phi) is 9.12. The van der Waals surface area contributed by atoms with Crippen LogP contribution in [-0.4, -0.2) is 54.6 Å². The van der Waals surface area contributed by atoms with Crippen LogP contribution >= 0.6 is 23.8 Å². The van der Waals surface area contributed by atoms with E-state index in [1.165, 1.54) is 0 Å². The maximum absolute atomic E-state index is 12.7. The monoisotopic (exact) mass is 502 g/mol. The molecule has 0 unspecified atom stereocenters. The molecule has 1 heterocycles. The van der Waals surface area contributed by atoms with Gasteiger partial charge in [-0.05, 0) is 54.5 Å². The van der Waals surface area contributed by atoms with Gasteiger partial charge < -0.3 is 19.9 Å². The molecule has 2 aromatic rings. The molecule has 1 saturated heterocycles. The minimum atomic E-state index is -0.331. The van der Waals surface area contributed by atoms with Crippen molar-refractivity contribution in [1.29, 1.82) is 0 Å². The first-order valence-electron chi connectivity index (χ1n) is 11.4. The lowest BCUT2D eigenvalue weighted by Gasteiger charge is -2.37. The third-order valence-electron chi connectivity index (χ3n) is 5.39. The van der Waals surface area contributed by atoms with Gasteiger partial charge in [0.1, 0.15) is 5.75 Å². The molecule has 1 fully saturated rings. The van der Waals surface area contributed by atoms with E-state index in [9.17, 15) is 9.59 Å². The molecule has 3 rings (SSSR count). The van der Waals surface area contributed by atoms with Gasteiger partial charge in [0.25, 0.3) is 5.91 Å². The van der Waals surface area contributed by atoms with Crippen LogP contribution in [0.2, 0.25) is 5.02 Å². The third-order valence-corrected chi connectivity index (χ3v) is 5.83. The number of benzene rings is 2. The molecule has 182 valence electrons. The van der Waals surface area contributed by atoms with Crippen LogP contribution in [0, 0.1) is 5.92 Å². The molecular formula is C25H31ClN4O3S. The molecule has 2 amide bonds. The number of nitrogens with one attached hydrogen (secondary N) is 2. The van der Waals surface area contributed by atoms with E-state index in [-0.39, 0.29) is 16.9 Å². The predicted molar refractivity (Wildman–Crippen MR) is 141 cm³/mol. The van der Waals surface area contributed by atoms with Gasteiger partial charge in [-0.2, -0.15) is 0 Å². The van der Waals surface area contributed by atoms with E-state index in [4.69, 9.17) is 28.6 Å². The summed E-state index contributed by atoms with van der Waals surface area (Å²) in [4.78, 5) is 28.8. The minimum Gasteiger partial charge on any atom is -0.493 e. The molecule has 0 bridgehead atoms. The Balaban J connectivity index is 1.65. The molecule has 0 saturated carbocycles. The van der Waals surface area contributed by atoms with Gasteiger partial charge in [-0.15, -0.1) is 0 Å². The van der Waals surface area contributed by atoms with Gasteiger partial charge in [0.2, 0.25) is 5.91 Å². The summed E-state index contributed by atoms with van der Waals surface area (Å²) in [6.07, 6.45) is 0.508. The van der Waals surface area contributed by atoms with Crippen LogP contribution in [0.4, 0.5) is 11.4 Å². The van der Waals surface area contributed by atoms with Gasteiger partial charge >= 0.3 is 0 Å². The van der Waals surface area contributed by atoms with E-state index in [0.717, 1.165) is 5.69 Å². The first kappa shape index (κ1) is 25.8. The molecular weight excluding hydrogens is 472 g/mol. The normalized spacial score (nSPS) is 13.6. The number of amides is 2. The molecule has 1 aliphatic heterocycles. The number of hydrogen-bond acceptors (Lipinski definition) is 5. The van der Waals surface area contributed by atoms with Gasteiger partial charge in [-0.3, -0.25) is 14.9 Å². The van der Waals surface area contributed by atoms with Crippen molar-refractivity contribution in [2.45, 2.75) is 27.2 Å². The van der Waals surface area contributed by atoms with Crippen molar-refractivity contribution < 1.29 is 14.3 Å². The predicted octanol–water partition coefficient (Wildman–Crippen LogP) is 4.56. The number of nitrogens with zero attached hydrogens (tertiary/aromatic N) is 2. The number of carbonyl (C=O) groups excluding carboxylic acids is 2. The molecule has 1 aliphatic rings. The highest BCUT2D eigenvalue weighted by Gasteiger charge is 2.22. The molecule has 2 N–H and O–H groups in total. The Morgan fingerprint density at radius 1 is 1.12 bits per heavy atom. The fourth-order valence-corrected chi connectivity index (χ4v) is 4.00. The molecule has 0 aliphatic carbocycles. The topological polar surface area (TPSA) is 73.9 Å². The zero-order valence-electron chi connectivity index (χ0n) is 19.8. The van der Waals surface area contributed by atoms with Crippen LogP contribution in [0.15, 0.2) is 42.5 Å². The van der Waals surface area contributed by atoms with Gasteiger partial charge in [-0.1, -0.05) is 38.4 Å². The Morgan fingerprint density at radius 3 is 2.53 bits per heavy atom. The summed E-state index contributed by atoms with van der Waals surface area (Å²) in [5.41, 5.74) is 2.06. The number of ether oxygens (including phenoxy) is 1. The number of carbonyl (C=O) groups is 2. The van der Waals surface area contributed by atoms with Crippen molar-refractivity contribution in [3.63, 3.8) is 0 Å². The average Bonchev–Trinajstić information content (AvgIpc) is 2.82. The van der Waals surface area contributed by atoms with Crippen LogP contribution < -0.4 is 20.3 Å². The van der Waals surface area contributed by atoms with E-state index < -0.39 is 0 Å². The van der Waals surface area contributed by atoms with Crippen molar-refractivity contribution in [2.24, 2.45) is 5.92 Å². The second-order valence-electron chi connectivity index (χ2n) is 8.52. The molecule has 7 nitrogen and oxygen atoms in total. The van der Waals surface area contributed by atoms with E-state index in [1.807, 2.05) is 30.0 Å². The molecule has 0 radical (unpaired) electrons. The van der Waals surface area contributed by atoms with Crippen LogP contribution in [0.1, 0.15) is 37.6 Å². The van der Waals surface area contributed by atoms with E-state index in [2.05, 4.69) is 29.4 Å². The smallest absolute Gasteiger partial charge is 0.257 e. The van der Waals surface area contributed by atoms with Gasteiger partial charge in [0.05, 0.1) is 18.0 Å². The zero-order valence-corrected chi connectivity index (χ0v) is 21.3. The lowest BCUT2D eigenvalue weighted by atomic mass is 10.2. The van der Waals surface area contributed by atoms with Crippen molar-refractivity contribution in [3.05, 3.63) is 53.1 Å². The maximum Gasteiger partial charge on any atom is 0.257 e. The Bertz CT molecular complexity index is 1040. The summed E-state index contributed by atoms with van der Waals surface area (Å²) in [7, 11) is 0. The summed E-state index contributed by atoms with van der Waals surface area (Å²) < 4.78 is 5.71. The van der Waals surface area contributed by atoms with E-state index in [1.54, 1.807) is 24.3 Å². The van der Waals surface area contributed by atoms with Crippen molar-refractivity contribution in [2.75, 3.05) is 43.0 Å². The minimum absolute atomic E-state index is 0.164. The Hall–Kier alpha value is -2.84. The van der Waals surface area contributed by atoms with Crippen LogP contribution in [0.25, 0.3) is 0 Å². The third kappa shape index (κ3) is 7.08. The number of hydrogen-bond donors (Lipinski definition) is 2. The van der Waals surface area contributed by atoms with Crippen molar-refractivity contribution in [3.8, 4) is 5.75 Å². The highest BCUT2D eigenvalue weighted by atomic mass is 35.5. The van der Waals surface area contributed by atoms with Crippen LogP contribution in [-0.2, 0) is 4.79 Å². The standard InChI is InChI=1S/C25H31ClN4O3S/c1-4-23(31)30-12-10-29(11-13-30)22-9-8-19(26)15-21(22)27-25(34)28-24(32)18-6-5-7-20(14-18)33-16-17(2)3/h5-9,14-15,17H,4,10-13,16H2,1-3H3,(H2,27,28,32,34). The molecule has 0 atom stereocenters.